The monoisotopic (exact) mass is 171 g/mol. The first-order chi connectivity index (χ1) is 5.47. The van der Waals surface area contributed by atoms with Crippen molar-refractivity contribution in [1.29, 1.82) is 0 Å². The number of aliphatic hydroxyl groups excluding tert-OH is 1. The van der Waals surface area contributed by atoms with Crippen LogP contribution in [0.4, 0.5) is 0 Å². The Hall–Kier alpha value is -0.0800. The van der Waals surface area contributed by atoms with Crippen LogP contribution in [0.1, 0.15) is 46.5 Å². The molecule has 0 aromatic carbocycles. The Kier molecular flexibility index (Phi) is 3.13. The third-order valence-electron chi connectivity index (χ3n) is 2.33. The van der Waals surface area contributed by atoms with Crippen molar-refractivity contribution in [2.75, 3.05) is 0 Å². The minimum atomic E-state index is -0.0389. The van der Waals surface area contributed by atoms with Crippen molar-refractivity contribution in [3.05, 3.63) is 0 Å². The molecule has 1 aliphatic carbocycles. The van der Waals surface area contributed by atoms with E-state index < -0.39 is 0 Å². The molecule has 1 fully saturated rings. The van der Waals surface area contributed by atoms with Crippen LogP contribution in [0.5, 0.6) is 0 Å². The Labute approximate surface area is 75.4 Å². The number of hydrogen-bond donors (Lipinski definition) is 2. The summed E-state index contributed by atoms with van der Waals surface area (Å²) in [4.78, 5) is 0. The van der Waals surface area contributed by atoms with Gasteiger partial charge in [-0.15, -0.1) is 0 Å². The number of aliphatic hydroxyl groups is 1. The minimum Gasteiger partial charge on any atom is -0.393 e. The van der Waals surface area contributed by atoms with Crippen LogP contribution >= 0.6 is 0 Å². The molecule has 12 heavy (non-hydrogen) atoms. The summed E-state index contributed by atoms with van der Waals surface area (Å²) < 4.78 is 0. The molecule has 0 bridgehead atoms. The maximum atomic E-state index is 9.30. The summed E-state index contributed by atoms with van der Waals surface area (Å²) >= 11 is 0. The summed E-state index contributed by atoms with van der Waals surface area (Å²) in [6.45, 7) is 6.58. The average Bonchev–Trinajstić information content (AvgIpc) is 1.91. The molecule has 0 aliphatic heterocycles. The molecule has 0 unspecified atom stereocenters. The van der Waals surface area contributed by atoms with E-state index in [9.17, 15) is 5.11 Å². The maximum absolute atomic E-state index is 9.30. The smallest absolute Gasteiger partial charge is 0.0541 e. The third kappa shape index (κ3) is 3.55. The first-order valence-electron chi connectivity index (χ1n) is 4.93. The molecular weight excluding hydrogens is 150 g/mol. The summed E-state index contributed by atoms with van der Waals surface area (Å²) in [7, 11) is 0. The Morgan fingerprint density at radius 2 is 1.58 bits per heavy atom. The largest absolute Gasteiger partial charge is 0.393 e. The SMILES string of the molecule is CC(C)(C)N[C@H]1CC[C@H](O)CC1. The molecule has 0 atom stereocenters. The van der Waals surface area contributed by atoms with Crippen LogP contribution in [-0.4, -0.2) is 22.8 Å². The molecule has 0 saturated heterocycles. The van der Waals surface area contributed by atoms with E-state index >= 15 is 0 Å². The van der Waals surface area contributed by atoms with Crippen LogP contribution in [0.2, 0.25) is 0 Å². The molecule has 1 rings (SSSR count). The quantitative estimate of drug-likeness (QED) is 0.629. The lowest BCUT2D eigenvalue weighted by molar-refractivity contribution is 0.111. The molecule has 0 heterocycles. The highest BCUT2D eigenvalue weighted by Gasteiger charge is 2.22. The normalized spacial score (nSPS) is 32.0. The topological polar surface area (TPSA) is 32.3 Å². The fourth-order valence-electron chi connectivity index (χ4n) is 1.83. The fraction of sp³-hybridized carbons (Fsp3) is 1.00. The van der Waals surface area contributed by atoms with Crippen molar-refractivity contribution in [1.82, 2.24) is 5.32 Å². The zero-order valence-electron chi connectivity index (χ0n) is 8.43. The van der Waals surface area contributed by atoms with Crippen LogP contribution in [0.15, 0.2) is 0 Å². The standard InChI is InChI=1S/C10H21NO/c1-10(2,3)11-8-4-6-9(12)7-5-8/h8-9,11-12H,4-7H2,1-3H3/t8-,9-. The molecule has 0 amide bonds. The van der Waals surface area contributed by atoms with Crippen molar-refractivity contribution < 1.29 is 5.11 Å². The van der Waals surface area contributed by atoms with E-state index in [2.05, 4.69) is 26.1 Å². The summed E-state index contributed by atoms with van der Waals surface area (Å²) in [6.07, 6.45) is 4.14. The highest BCUT2D eigenvalue weighted by Crippen LogP contribution is 2.20. The fourth-order valence-corrected chi connectivity index (χ4v) is 1.83. The zero-order chi connectivity index (χ0) is 9.19. The summed E-state index contributed by atoms with van der Waals surface area (Å²) in [5.41, 5.74) is 0.215. The summed E-state index contributed by atoms with van der Waals surface area (Å²) in [5, 5.41) is 12.9. The molecule has 2 N–H and O–H groups in total. The van der Waals surface area contributed by atoms with Crippen LogP contribution in [0.3, 0.4) is 0 Å². The molecular formula is C10H21NO. The van der Waals surface area contributed by atoms with Crippen molar-refractivity contribution in [3.8, 4) is 0 Å². The van der Waals surface area contributed by atoms with Gasteiger partial charge in [0.1, 0.15) is 0 Å². The third-order valence-corrected chi connectivity index (χ3v) is 2.33. The van der Waals surface area contributed by atoms with E-state index in [1.165, 1.54) is 0 Å². The Bertz CT molecular complexity index is 131. The van der Waals surface area contributed by atoms with Crippen molar-refractivity contribution in [2.45, 2.75) is 64.1 Å². The van der Waals surface area contributed by atoms with Crippen molar-refractivity contribution in [3.63, 3.8) is 0 Å². The molecule has 0 radical (unpaired) electrons. The summed E-state index contributed by atoms with van der Waals surface area (Å²) in [5.74, 6) is 0. The van der Waals surface area contributed by atoms with Gasteiger partial charge in [-0.05, 0) is 46.5 Å². The summed E-state index contributed by atoms with van der Waals surface area (Å²) in [6, 6.07) is 0.619. The Balaban J connectivity index is 2.26. The van der Waals surface area contributed by atoms with Crippen LogP contribution in [0.25, 0.3) is 0 Å². The van der Waals surface area contributed by atoms with Gasteiger partial charge in [0.2, 0.25) is 0 Å². The van der Waals surface area contributed by atoms with Gasteiger partial charge in [-0.3, -0.25) is 0 Å². The number of nitrogens with one attached hydrogen (secondary N) is 1. The van der Waals surface area contributed by atoms with Gasteiger partial charge in [-0.1, -0.05) is 0 Å². The maximum Gasteiger partial charge on any atom is 0.0541 e. The van der Waals surface area contributed by atoms with Gasteiger partial charge in [0.15, 0.2) is 0 Å². The van der Waals surface area contributed by atoms with E-state index in [0.717, 1.165) is 25.7 Å². The van der Waals surface area contributed by atoms with E-state index in [1.54, 1.807) is 0 Å². The van der Waals surface area contributed by atoms with Crippen molar-refractivity contribution in [2.24, 2.45) is 0 Å². The number of rotatable bonds is 1. The molecule has 1 saturated carbocycles. The van der Waals surface area contributed by atoms with E-state index in [4.69, 9.17) is 0 Å². The highest BCUT2D eigenvalue weighted by molar-refractivity contribution is 4.82. The lowest BCUT2D eigenvalue weighted by Crippen LogP contribution is -2.45. The molecule has 72 valence electrons. The van der Waals surface area contributed by atoms with E-state index in [1.807, 2.05) is 0 Å². The Morgan fingerprint density at radius 3 is 2.00 bits per heavy atom. The van der Waals surface area contributed by atoms with Crippen LogP contribution < -0.4 is 5.32 Å². The van der Waals surface area contributed by atoms with Gasteiger partial charge >= 0.3 is 0 Å². The first-order valence-corrected chi connectivity index (χ1v) is 4.93. The minimum absolute atomic E-state index is 0.0389. The van der Waals surface area contributed by atoms with Crippen LogP contribution in [-0.2, 0) is 0 Å². The second-order valence-electron chi connectivity index (χ2n) is 4.90. The molecule has 1 aliphatic rings. The van der Waals surface area contributed by atoms with Gasteiger partial charge in [0, 0.05) is 11.6 Å². The molecule has 2 nitrogen and oxygen atoms in total. The van der Waals surface area contributed by atoms with Crippen molar-refractivity contribution >= 4 is 0 Å². The van der Waals surface area contributed by atoms with Gasteiger partial charge in [0.05, 0.1) is 6.10 Å². The predicted molar refractivity (Wildman–Crippen MR) is 51.2 cm³/mol. The lowest BCUT2D eigenvalue weighted by atomic mass is 9.91. The zero-order valence-corrected chi connectivity index (χ0v) is 8.43. The molecule has 0 aromatic rings. The second-order valence-corrected chi connectivity index (χ2v) is 4.90. The number of hydrogen-bond acceptors (Lipinski definition) is 2. The van der Waals surface area contributed by atoms with E-state index in [0.29, 0.717) is 6.04 Å². The van der Waals surface area contributed by atoms with Gasteiger partial charge in [-0.25, -0.2) is 0 Å². The lowest BCUT2D eigenvalue weighted by Gasteiger charge is -2.32. The van der Waals surface area contributed by atoms with Crippen LogP contribution in [0, 0.1) is 0 Å². The first kappa shape index (κ1) is 10.0. The predicted octanol–water partition coefficient (Wildman–Crippen LogP) is 1.68. The van der Waals surface area contributed by atoms with Gasteiger partial charge < -0.3 is 10.4 Å². The van der Waals surface area contributed by atoms with Gasteiger partial charge in [0.25, 0.3) is 0 Å². The average molecular weight is 171 g/mol. The molecule has 2 heteroatoms. The van der Waals surface area contributed by atoms with Gasteiger partial charge in [-0.2, -0.15) is 0 Å². The highest BCUT2D eigenvalue weighted by atomic mass is 16.3. The Morgan fingerprint density at radius 1 is 1.08 bits per heavy atom. The van der Waals surface area contributed by atoms with E-state index in [-0.39, 0.29) is 11.6 Å². The molecule has 0 aromatic heterocycles. The molecule has 0 spiro atoms. The second kappa shape index (κ2) is 3.75.